The Kier molecular flexibility index (Phi) is 4.91. The van der Waals surface area contributed by atoms with Crippen LogP contribution in [-0.2, 0) is 16.4 Å². The lowest BCUT2D eigenvalue weighted by atomic mass is 9.95. The first kappa shape index (κ1) is 18.0. The average Bonchev–Trinajstić information content (AvgIpc) is 3.13. The summed E-state index contributed by atoms with van der Waals surface area (Å²) in [5.74, 6) is -0.0610. The van der Waals surface area contributed by atoms with Gasteiger partial charge in [0.1, 0.15) is 0 Å². The fourth-order valence-corrected chi connectivity index (χ4v) is 5.52. The van der Waals surface area contributed by atoms with Crippen molar-refractivity contribution < 1.29 is 13.2 Å². The van der Waals surface area contributed by atoms with Gasteiger partial charge in [-0.25, -0.2) is 8.42 Å². The maximum Gasteiger partial charge on any atom is 0.264 e. The van der Waals surface area contributed by atoms with Gasteiger partial charge in [0.05, 0.1) is 10.6 Å². The van der Waals surface area contributed by atoms with Crippen LogP contribution in [0.25, 0.3) is 0 Å². The topological polar surface area (TPSA) is 66.5 Å². The summed E-state index contributed by atoms with van der Waals surface area (Å²) in [6, 6.07) is 14.1. The second-order valence-electron chi connectivity index (χ2n) is 7.29. The fraction of sp³-hybridized carbons (Fsp3) is 0.381. The van der Waals surface area contributed by atoms with Gasteiger partial charge >= 0.3 is 0 Å². The van der Waals surface area contributed by atoms with Gasteiger partial charge in [-0.2, -0.15) is 0 Å². The molecule has 4 rings (SSSR count). The first-order chi connectivity index (χ1) is 13.1. The highest BCUT2D eigenvalue weighted by Gasteiger charge is 2.31. The number of rotatable bonds is 4. The van der Waals surface area contributed by atoms with Gasteiger partial charge in [0, 0.05) is 18.2 Å². The number of sulfonamides is 1. The molecule has 27 heavy (non-hydrogen) atoms. The third-order valence-electron chi connectivity index (χ3n) is 5.47. The number of nitrogens with one attached hydrogen (secondary N) is 1. The Labute approximate surface area is 160 Å². The van der Waals surface area contributed by atoms with E-state index >= 15 is 0 Å². The number of fused-ring (bicyclic) bond motifs is 1. The third-order valence-corrected chi connectivity index (χ3v) is 7.29. The minimum Gasteiger partial charge on any atom is -0.349 e. The van der Waals surface area contributed by atoms with E-state index in [1.807, 2.05) is 6.07 Å². The van der Waals surface area contributed by atoms with E-state index in [1.54, 1.807) is 42.5 Å². The molecule has 0 atom stereocenters. The minimum absolute atomic E-state index is 0.0610. The van der Waals surface area contributed by atoms with Crippen LogP contribution >= 0.6 is 0 Å². The summed E-state index contributed by atoms with van der Waals surface area (Å²) in [7, 11) is -3.58. The molecule has 2 aromatic carbocycles. The SMILES string of the molecule is O=C(NC1CCCCC1)c1ccc2c(c1)CCN2S(=O)(=O)c1ccccc1. The number of amides is 1. The highest BCUT2D eigenvalue weighted by molar-refractivity contribution is 7.92. The van der Waals surface area contributed by atoms with Crippen molar-refractivity contribution in [3.05, 3.63) is 59.7 Å². The molecule has 1 N–H and O–H groups in total. The predicted molar refractivity (Wildman–Crippen MR) is 105 cm³/mol. The van der Waals surface area contributed by atoms with E-state index in [0.717, 1.165) is 18.4 Å². The molecule has 0 aromatic heterocycles. The lowest BCUT2D eigenvalue weighted by Crippen LogP contribution is -2.36. The third kappa shape index (κ3) is 3.58. The molecule has 2 aliphatic rings. The smallest absolute Gasteiger partial charge is 0.264 e. The highest BCUT2D eigenvalue weighted by Crippen LogP contribution is 2.33. The number of carbonyl (C=O) groups is 1. The van der Waals surface area contributed by atoms with E-state index in [2.05, 4.69) is 5.32 Å². The van der Waals surface area contributed by atoms with Crippen molar-refractivity contribution in [1.29, 1.82) is 0 Å². The number of carbonyl (C=O) groups excluding carboxylic acids is 1. The number of nitrogens with zero attached hydrogens (tertiary/aromatic N) is 1. The van der Waals surface area contributed by atoms with E-state index < -0.39 is 10.0 Å². The van der Waals surface area contributed by atoms with E-state index in [4.69, 9.17) is 0 Å². The zero-order chi connectivity index (χ0) is 18.9. The highest BCUT2D eigenvalue weighted by atomic mass is 32.2. The number of anilines is 1. The summed E-state index contributed by atoms with van der Waals surface area (Å²) < 4.78 is 27.3. The average molecular weight is 385 g/mol. The van der Waals surface area contributed by atoms with Gasteiger partial charge in [-0.15, -0.1) is 0 Å². The number of hydrogen-bond donors (Lipinski definition) is 1. The van der Waals surface area contributed by atoms with Crippen LogP contribution in [0.1, 0.15) is 48.0 Å². The van der Waals surface area contributed by atoms with Gasteiger partial charge in [-0.05, 0) is 55.2 Å². The number of hydrogen-bond acceptors (Lipinski definition) is 3. The molecule has 0 bridgehead atoms. The van der Waals surface area contributed by atoms with Crippen LogP contribution in [0.4, 0.5) is 5.69 Å². The molecule has 0 unspecified atom stereocenters. The van der Waals surface area contributed by atoms with Gasteiger partial charge in [-0.3, -0.25) is 9.10 Å². The molecule has 1 fully saturated rings. The molecule has 1 aliphatic carbocycles. The maximum atomic E-state index is 12.9. The maximum absolute atomic E-state index is 12.9. The normalized spacial score (nSPS) is 17.6. The van der Waals surface area contributed by atoms with Crippen molar-refractivity contribution >= 4 is 21.6 Å². The zero-order valence-electron chi connectivity index (χ0n) is 15.2. The Hall–Kier alpha value is -2.34. The van der Waals surface area contributed by atoms with Crippen LogP contribution in [0.2, 0.25) is 0 Å². The second kappa shape index (κ2) is 7.35. The van der Waals surface area contributed by atoms with Gasteiger partial charge in [-0.1, -0.05) is 37.5 Å². The van der Waals surface area contributed by atoms with Crippen molar-refractivity contribution in [3.63, 3.8) is 0 Å². The first-order valence-electron chi connectivity index (χ1n) is 9.57. The van der Waals surface area contributed by atoms with Crippen molar-refractivity contribution in [2.24, 2.45) is 0 Å². The molecular formula is C21H24N2O3S. The lowest BCUT2D eigenvalue weighted by molar-refractivity contribution is 0.0927. The molecular weight excluding hydrogens is 360 g/mol. The molecule has 0 radical (unpaired) electrons. The molecule has 0 saturated heterocycles. The molecule has 1 heterocycles. The van der Waals surface area contributed by atoms with Crippen LogP contribution in [0, 0.1) is 0 Å². The summed E-state index contributed by atoms with van der Waals surface area (Å²) in [6.07, 6.45) is 6.28. The van der Waals surface area contributed by atoms with Gasteiger partial charge in [0.25, 0.3) is 15.9 Å². The summed E-state index contributed by atoms with van der Waals surface area (Å²) in [4.78, 5) is 12.9. The predicted octanol–water partition coefficient (Wildman–Crippen LogP) is 3.50. The second-order valence-corrected chi connectivity index (χ2v) is 9.15. The quantitative estimate of drug-likeness (QED) is 0.877. The molecule has 6 heteroatoms. The molecule has 5 nitrogen and oxygen atoms in total. The Morgan fingerprint density at radius 1 is 1.00 bits per heavy atom. The van der Waals surface area contributed by atoms with E-state index in [-0.39, 0.29) is 16.8 Å². The fourth-order valence-electron chi connectivity index (χ4n) is 4.00. The molecule has 142 valence electrons. The molecule has 0 spiro atoms. The molecule has 2 aromatic rings. The molecule has 1 saturated carbocycles. The molecule has 1 amide bonds. The minimum atomic E-state index is -3.58. The standard InChI is InChI=1S/C21H24N2O3S/c24-21(22-18-7-3-1-4-8-18)17-11-12-20-16(15-17)13-14-23(20)27(25,26)19-9-5-2-6-10-19/h2,5-6,9-12,15,18H,1,3-4,7-8,13-14H2,(H,22,24). The van der Waals surface area contributed by atoms with Crippen molar-refractivity contribution in [1.82, 2.24) is 5.32 Å². The Balaban J connectivity index is 1.55. The molecule has 1 aliphatic heterocycles. The Morgan fingerprint density at radius 2 is 1.74 bits per heavy atom. The first-order valence-corrected chi connectivity index (χ1v) is 11.0. The summed E-state index contributed by atoms with van der Waals surface area (Å²) in [5.41, 5.74) is 2.19. The Bertz CT molecular complexity index is 935. The summed E-state index contributed by atoms with van der Waals surface area (Å²) in [5, 5.41) is 3.12. The monoisotopic (exact) mass is 384 g/mol. The van der Waals surface area contributed by atoms with E-state index in [1.165, 1.54) is 23.6 Å². The lowest BCUT2D eigenvalue weighted by Gasteiger charge is -2.23. The van der Waals surface area contributed by atoms with Crippen LogP contribution in [0.3, 0.4) is 0 Å². The van der Waals surface area contributed by atoms with Gasteiger partial charge < -0.3 is 5.32 Å². The van der Waals surface area contributed by atoms with Gasteiger partial charge in [0.2, 0.25) is 0 Å². The van der Waals surface area contributed by atoms with Crippen LogP contribution in [-0.4, -0.2) is 26.9 Å². The van der Waals surface area contributed by atoms with E-state index in [9.17, 15) is 13.2 Å². The van der Waals surface area contributed by atoms with Crippen LogP contribution in [0.15, 0.2) is 53.4 Å². The van der Waals surface area contributed by atoms with Crippen LogP contribution < -0.4 is 9.62 Å². The summed E-state index contributed by atoms with van der Waals surface area (Å²) >= 11 is 0. The zero-order valence-corrected chi connectivity index (χ0v) is 16.0. The van der Waals surface area contributed by atoms with Crippen molar-refractivity contribution in [2.75, 3.05) is 10.8 Å². The van der Waals surface area contributed by atoms with Crippen molar-refractivity contribution in [3.8, 4) is 0 Å². The number of benzene rings is 2. The van der Waals surface area contributed by atoms with Gasteiger partial charge in [0.15, 0.2) is 0 Å². The summed E-state index contributed by atoms with van der Waals surface area (Å²) in [6.45, 7) is 0.403. The van der Waals surface area contributed by atoms with Crippen molar-refractivity contribution in [2.45, 2.75) is 49.5 Å². The van der Waals surface area contributed by atoms with Crippen LogP contribution in [0.5, 0.6) is 0 Å². The van der Waals surface area contributed by atoms with E-state index in [0.29, 0.717) is 24.2 Å². The Morgan fingerprint density at radius 3 is 2.48 bits per heavy atom. The largest absolute Gasteiger partial charge is 0.349 e.